The van der Waals surface area contributed by atoms with Crippen LogP contribution in [0.1, 0.15) is 18.1 Å². The molecular weight excluding hydrogens is 416 g/mol. The van der Waals surface area contributed by atoms with E-state index in [9.17, 15) is 9.59 Å². The smallest absolute Gasteiger partial charge is 0.422 e. The van der Waals surface area contributed by atoms with Crippen molar-refractivity contribution in [3.05, 3.63) is 83.6 Å². The lowest BCUT2D eigenvalue weighted by atomic mass is 10.1. The van der Waals surface area contributed by atoms with Crippen molar-refractivity contribution in [1.29, 1.82) is 0 Å². The molecule has 4 aromatic rings. The van der Waals surface area contributed by atoms with Crippen molar-refractivity contribution in [2.75, 3.05) is 13.7 Å². The second-order valence-corrected chi connectivity index (χ2v) is 7.93. The predicted molar refractivity (Wildman–Crippen MR) is 128 cm³/mol. The molecule has 2 amide bonds. The molecule has 0 saturated carbocycles. The minimum Gasteiger partial charge on any atom is -0.496 e. The molecule has 6 nitrogen and oxygen atoms in total. The molecular formula is C27H24N2O4. The van der Waals surface area contributed by atoms with E-state index in [2.05, 4.69) is 23.6 Å². The number of carbonyl (C=O) groups excluding carboxylic acids is 2. The number of aryl methyl sites for hydroxylation is 1. The number of carbonyl (C=O) groups is 2. The summed E-state index contributed by atoms with van der Waals surface area (Å²) >= 11 is 0. The maximum Gasteiger partial charge on any atom is 0.422 e. The Morgan fingerprint density at radius 3 is 2.52 bits per heavy atom. The highest BCUT2D eigenvalue weighted by Gasteiger charge is 2.36. The van der Waals surface area contributed by atoms with E-state index in [1.807, 2.05) is 54.6 Å². The molecule has 33 heavy (non-hydrogen) atoms. The summed E-state index contributed by atoms with van der Waals surface area (Å²) < 4.78 is 12.9. The summed E-state index contributed by atoms with van der Waals surface area (Å²) in [6.45, 7) is 3.21. The average Bonchev–Trinajstić information content (AvgIpc) is 3.30. The molecule has 5 rings (SSSR count). The number of ether oxygens (including phenoxy) is 2. The molecule has 1 saturated heterocycles. The number of methoxy groups -OCH3 is 1. The highest BCUT2D eigenvalue weighted by molar-refractivity contribution is 6.11. The quantitative estimate of drug-likeness (QED) is 0.378. The van der Waals surface area contributed by atoms with Gasteiger partial charge in [-0.2, -0.15) is 0 Å². The van der Waals surface area contributed by atoms with Gasteiger partial charge in [0.2, 0.25) is 0 Å². The molecule has 1 aliphatic rings. The van der Waals surface area contributed by atoms with Crippen LogP contribution in [0.5, 0.6) is 5.75 Å². The number of hydrogen-bond donors (Lipinski definition) is 0. The summed E-state index contributed by atoms with van der Waals surface area (Å²) in [6.07, 6.45) is 1.48. The first kappa shape index (κ1) is 20.8. The Labute approximate surface area is 191 Å². The van der Waals surface area contributed by atoms with E-state index < -0.39 is 12.0 Å². The lowest BCUT2D eigenvalue weighted by molar-refractivity contribution is -0.123. The second-order valence-electron chi connectivity index (χ2n) is 7.93. The second kappa shape index (κ2) is 8.47. The zero-order chi connectivity index (χ0) is 22.9. The maximum absolute atomic E-state index is 12.9. The van der Waals surface area contributed by atoms with Crippen molar-refractivity contribution in [2.45, 2.75) is 19.9 Å². The fourth-order valence-corrected chi connectivity index (χ4v) is 4.49. The zero-order valence-electron chi connectivity index (χ0n) is 18.6. The molecule has 0 atom stereocenters. The first-order valence-electron chi connectivity index (χ1n) is 11.0. The Morgan fingerprint density at radius 1 is 0.939 bits per heavy atom. The van der Waals surface area contributed by atoms with E-state index >= 15 is 0 Å². The number of benzene rings is 3. The Hall–Kier alpha value is -4.06. The molecule has 1 fully saturated rings. The van der Waals surface area contributed by atoms with Gasteiger partial charge < -0.3 is 14.0 Å². The highest BCUT2D eigenvalue weighted by Crippen LogP contribution is 2.31. The Balaban J connectivity index is 1.42. The third kappa shape index (κ3) is 3.63. The maximum atomic E-state index is 12.9. The minimum atomic E-state index is -0.648. The molecule has 0 N–H and O–H groups in total. The monoisotopic (exact) mass is 440 g/mol. The number of imide groups is 1. The molecule has 0 spiro atoms. The van der Waals surface area contributed by atoms with E-state index in [1.165, 1.54) is 5.52 Å². The molecule has 2 heterocycles. The molecule has 0 radical (unpaired) electrons. The molecule has 0 unspecified atom stereocenters. The number of nitrogens with zero attached hydrogens (tertiary/aromatic N) is 2. The third-order valence-electron chi connectivity index (χ3n) is 6.08. The van der Waals surface area contributed by atoms with Crippen LogP contribution in [0, 0.1) is 0 Å². The summed E-state index contributed by atoms with van der Waals surface area (Å²) in [5, 5.41) is 2.26. The van der Waals surface area contributed by atoms with Crippen LogP contribution in [-0.2, 0) is 22.5 Å². The molecule has 3 aromatic carbocycles. The van der Waals surface area contributed by atoms with Crippen LogP contribution in [0.3, 0.4) is 0 Å². The standard InChI is InChI=1S/C27H24N2O4/c1-3-28-22-10-6-5-9-20(22)21-16-18(12-13-23(21)28)17-25-26(30)29(27(31)33-25)15-14-19-8-4-7-11-24(19)32-2/h4-13,16-17H,3,14-15H2,1-2H3. The zero-order valence-corrected chi connectivity index (χ0v) is 18.6. The van der Waals surface area contributed by atoms with Crippen LogP contribution in [0.4, 0.5) is 4.79 Å². The highest BCUT2D eigenvalue weighted by atomic mass is 16.6. The number of hydrogen-bond acceptors (Lipinski definition) is 4. The van der Waals surface area contributed by atoms with Gasteiger partial charge in [0.25, 0.3) is 5.91 Å². The van der Waals surface area contributed by atoms with Crippen molar-refractivity contribution in [3.8, 4) is 5.75 Å². The number of para-hydroxylation sites is 2. The summed E-state index contributed by atoms with van der Waals surface area (Å²) in [5.41, 5.74) is 4.04. The van der Waals surface area contributed by atoms with Gasteiger partial charge in [0, 0.05) is 34.9 Å². The van der Waals surface area contributed by atoms with Gasteiger partial charge in [0.15, 0.2) is 5.76 Å². The summed E-state index contributed by atoms with van der Waals surface area (Å²) in [7, 11) is 1.60. The number of amides is 2. The van der Waals surface area contributed by atoms with Crippen LogP contribution in [-0.4, -0.2) is 35.1 Å². The predicted octanol–water partition coefficient (Wildman–Crippen LogP) is 5.39. The van der Waals surface area contributed by atoms with Crippen molar-refractivity contribution >= 4 is 39.9 Å². The fraction of sp³-hybridized carbons (Fsp3) is 0.185. The number of rotatable bonds is 6. The summed E-state index contributed by atoms with van der Waals surface area (Å²) in [4.78, 5) is 26.4. The molecule has 1 aliphatic heterocycles. The van der Waals surface area contributed by atoms with Crippen LogP contribution in [0.2, 0.25) is 0 Å². The molecule has 0 aliphatic carbocycles. The lowest BCUT2D eigenvalue weighted by Crippen LogP contribution is -2.30. The molecule has 166 valence electrons. The van der Waals surface area contributed by atoms with Crippen LogP contribution in [0.25, 0.3) is 27.9 Å². The van der Waals surface area contributed by atoms with Gasteiger partial charge in [-0.25, -0.2) is 9.69 Å². The number of fused-ring (bicyclic) bond motifs is 3. The first-order chi connectivity index (χ1) is 16.1. The van der Waals surface area contributed by atoms with Gasteiger partial charge in [-0.05, 0) is 54.8 Å². The Morgan fingerprint density at radius 2 is 1.70 bits per heavy atom. The minimum absolute atomic E-state index is 0.0404. The van der Waals surface area contributed by atoms with E-state index in [0.717, 1.165) is 44.6 Å². The van der Waals surface area contributed by atoms with Crippen LogP contribution < -0.4 is 4.74 Å². The van der Waals surface area contributed by atoms with E-state index in [1.54, 1.807) is 13.2 Å². The van der Waals surface area contributed by atoms with Crippen molar-refractivity contribution < 1.29 is 19.1 Å². The van der Waals surface area contributed by atoms with Crippen LogP contribution >= 0.6 is 0 Å². The average molecular weight is 440 g/mol. The van der Waals surface area contributed by atoms with Crippen molar-refractivity contribution in [1.82, 2.24) is 9.47 Å². The topological polar surface area (TPSA) is 60.8 Å². The summed E-state index contributed by atoms with van der Waals surface area (Å²) in [6, 6.07) is 21.9. The molecule has 1 aromatic heterocycles. The van der Waals surface area contributed by atoms with Gasteiger partial charge in [-0.3, -0.25) is 4.79 Å². The first-order valence-corrected chi connectivity index (χ1v) is 11.0. The van der Waals surface area contributed by atoms with E-state index in [4.69, 9.17) is 9.47 Å². The van der Waals surface area contributed by atoms with Gasteiger partial charge in [-0.1, -0.05) is 42.5 Å². The third-order valence-corrected chi connectivity index (χ3v) is 6.08. The van der Waals surface area contributed by atoms with Crippen LogP contribution in [0.15, 0.2) is 72.5 Å². The van der Waals surface area contributed by atoms with E-state index in [-0.39, 0.29) is 12.3 Å². The Bertz CT molecular complexity index is 1420. The van der Waals surface area contributed by atoms with E-state index in [0.29, 0.717) is 6.42 Å². The molecule has 6 heteroatoms. The van der Waals surface area contributed by atoms with Crippen molar-refractivity contribution in [2.24, 2.45) is 0 Å². The number of cyclic esters (lactones) is 1. The Kier molecular flexibility index (Phi) is 5.34. The fourth-order valence-electron chi connectivity index (χ4n) is 4.49. The summed E-state index contributed by atoms with van der Waals surface area (Å²) in [5.74, 6) is 0.345. The lowest BCUT2D eigenvalue weighted by Gasteiger charge is -2.12. The SMILES string of the molecule is CCn1c2ccccc2c2cc(C=C3OC(=O)N(CCc4ccccc4OC)C3=O)ccc21. The van der Waals surface area contributed by atoms with Gasteiger partial charge in [0.05, 0.1) is 7.11 Å². The van der Waals surface area contributed by atoms with Crippen molar-refractivity contribution in [3.63, 3.8) is 0 Å². The van der Waals surface area contributed by atoms with Gasteiger partial charge in [-0.15, -0.1) is 0 Å². The largest absolute Gasteiger partial charge is 0.496 e. The van der Waals surface area contributed by atoms with Gasteiger partial charge in [0.1, 0.15) is 5.75 Å². The van der Waals surface area contributed by atoms with Gasteiger partial charge >= 0.3 is 6.09 Å². The number of aromatic nitrogens is 1. The molecule has 0 bridgehead atoms. The normalized spacial score (nSPS) is 15.1.